The zero-order valence-corrected chi connectivity index (χ0v) is 9.21. The first-order valence-electron chi connectivity index (χ1n) is 2.77. The smallest absolute Gasteiger partial charge is 0.266 e. The monoisotopic (exact) mass is 192 g/mol. The molecular weight excluding hydrogens is 181 g/mol. The van der Waals surface area contributed by atoms with Gasteiger partial charge in [-0.2, -0.15) is 8.42 Å². The first-order chi connectivity index (χ1) is 4.45. The Kier molecular flexibility index (Phi) is 8.30. The molecule has 0 amide bonds. The van der Waals surface area contributed by atoms with Crippen molar-refractivity contribution in [1.82, 2.24) is 0 Å². The van der Waals surface area contributed by atoms with Gasteiger partial charge in [0.15, 0.2) is 0 Å². The van der Waals surface area contributed by atoms with Gasteiger partial charge in [0.05, 0.1) is 5.75 Å². The molecule has 11 heavy (non-hydrogen) atoms. The maximum atomic E-state index is 10.1. The van der Waals surface area contributed by atoms with Crippen LogP contribution >= 0.6 is 0 Å². The number of aliphatic hydroxyl groups is 1. The second-order valence-corrected chi connectivity index (χ2v) is 3.52. The van der Waals surface area contributed by atoms with Crippen molar-refractivity contribution in [3.05, 3.63) is 0 Å². The molecule has 0 aromatic heterocycles. The van der Waals surface area contributed by atoms with E-state index in [0.29, 0.717) is 0 Å². The average Bonchev–Trinajstić information content (AvgIpc) is 1.59. The van der Waals surface area contributed by atoms with Crippen LogP contribution in [0.2, 0.25) is 0 Å². The minimum absolute atomic E-state index is 0. The predicted molar refractivity (Wildman–Crippen MR) is 41.8 cm³/mol. The van der Waals surface area contributed by atoms with Crippen LogP contribution in [0.25, 0.3) is 0 Å². The largest absolute Gasteiger partial charge is 0.396 e. The Morgan fingerprint density at radius 3 is 2.18 bits per heavy atom. The molecule has 0 saturated carbocycles. The van der Waals surface area contributed by atoms with Crippen molar-refractivity contribution in [3.8, 4) is 0 Å². The van der Waals surface area contributed by atoms with Gasteiger partial charge in [0, 0.05) is 42.2 Å². The molecule has 0 rings (SSSR count). The van der Waals surface area contributed by atoms with E-state index in [0.717, 1.165) is 0 Å². The van der Waals surface area contributed by atoms with Crippen molar-refractivity contribution >= 4 is 39.7 Å². The summed E-state index contributed by atoms with van der Waals surface area (Å²) in [7, 11) is -3.98. The Balaban J connectivity index is 0. The van der Waals surface area contributed by atoms with E-state index in [1.165, 1.54) is 0 Å². The summed E-state index contributed by atoms with van der Waals surface area (Å²) in [6.07, 6.45) is 0.180. The van der Waals surface area contributed by atoms with Crippen LogP contribution in [-0.4, -0.2) is 66.0 Å². The third kappa shape index (κ3) is 10.8. The van der Waals surface area contributed by atoms with Crippen molar-refractivity contribution in [2.24, 2.45) is 5.73 Å². The first-order valence-corrected chi connectivity index (χ1v) is 4.38. The van der Waals surface area contributed by atoms with E-state index in [1.807, 2.05) is 0 Å². The minimum atomic E-state index is -3.98. The van der Waals surface area contributed by atoms with Crippen LogP contribution in [0.15, 0.2) is 0 Å². The third-order valence-electron chi connectivity index (χ3n) is 0.925. The number of aliphatic hydroxyl groups excluding tert-OH is 1. The summed E-state index contributed by atoms with van der Waals surface area (Å²) in [6.45, 7) is -0.170. The number of rotatable bonds is 4. The molecule has 4 N–H and O–H groups in total. The Morgan fingerprint density at radius 2 is 1.91 bits per heavy atom. The van der Waals surface area contributed by atoms with E-state index < -0.39 is 21.9 Å². The second kappa shape index (κ2) is 6.36. The fraction of sp³-hybridized carbons (Fsp3) is 1.00. The van der Waals surface area contributed by atoms with Gasteiger partial charge in [-0.3, -0.25) is 4.55 Å². The molecular formula is C4H11NNaO4S. The van der Waals surface area contributed by atoms with E-state index in [-0.39, 0.29) is 42.6 Å². The summed E-state index contributed by atoms with van der Waals surface area (Å²) in [6, 6.07) is -0.681. The fourth-order valence-corrected chi connectivity index (χ4v) is 1.23. The minimum Gasteiger partial charge on any atom is -0.396 e. The van der Waals surface area contributed by atoms with Gasteiger partial charge in [-0.25, -0.2) is 0 Å². The standard InChI is InChI=1S/C4H11NO4S.Na/c5-4(1-2-6)3-10(7,8)9;/h4,6H,1-3,5H2,(H,7,8,9);. The van der Waals surface area contributed by atoms with Gasteiger partial charge in [-0.05, 0) is 6.42 Å². The molecule has 1 atom stereocenters. The zero-order valence-electron chi connectivity index (χ0n) is 6.40. The van der Waals surface area contributed by atoms with E-state index in [4.69, 9.17) is 15.4 Å². The van der Waals surface area contributed by atoms with Crippen molar-refractivity contribution in [1.29, 1.82) is 0 Å². The van der Waals surface area contributed by atoms with E-state index in [9.17, 15) is 8.42 Å². The molecule has 5 nitrogen and oxygen atoms in total. The van der Waals surface area contributed by atoms with Crippen LogP contribution in [0.5, 0.6) is 0 Å². The molecule has 7 heteroatoms. The maximum Gasteiger partial charge on any atom is 0.266 e. The van der Waals surface area contributed by atoms with Gasteiger partial charge in [-0.1, -0.05) is 0 Å². The van der Waals surface area contributed by atoms with Crippen LogP contribution in [-0.2, 0) is 10.1 Å². The van der Waals surface area contributed by atoms with Crippen LogP contribution in [0.3, 0.4) is 0 Å². The second-order valence-electron chi connectivity index (χ2n) is 2.02. The van der Waals surface area contributed by atoms with Crippen molar-refractivity contribution in [3.63, 3.8) is 0 Å². The normalized spacial score (nSPS) is 13.7. The summed E-state index contributed by atoms with van der Waals surface area (Å²) in [5.41, 5.74) is 5.17. The Labute approximate surface area is 88.0 Å². The SMILES string of the molecule is NC(CCO)CS(=O)(=O)O.[Na]. The van der Waals surface area contributed by atoms with Gasteiger partial charge in [0.2, 0.25) is 0 Å². The molecule has 0 aromatic carbocycles. The van der Waals surface area contributed by atoms with Crippen LogP contribution in [0, 0.1) is 0 Å². The molecule has 0 aromatic rings. The summed E-state index contributed by atoms with van der Waals surface area (Å²) >= 11 is 0. The number of hydrogen-bond acceptors (Lipinski definition) is 4. The Morgan fingerprint density at radius 1 is 1.45 bits per heavy atom. The maximum absolute atomic E-state index is 10.1. The van der Waals surface area contributed by atoms with E-state index >= 15 is 0 Å². The van der Waals surface area contributed by atoms with Gasteiger partial charge < -0.3 is 10.8 Å². The molecule has 0 aliphatic rings. The number of nitrogens with two attached hydrogens (primary N) is 1. The summed E-state index contributed by atoms with van der Waals surface area (Å²) < 4.78 is 28.4. The molecule has 1 unspecified atom stereocenters. The Hall–Kier alpha value is 0.830. The Bertz CT molecular complexity index is 181. The summed E-state index contributed by atoms with van der Waals surface area (Å²) in [5.74, 6) is -0.493. The quantitative estimate of drug-likeness (QED) is 0.360. The van der Waals surface area contributed by atoms with E-state index in [2.05, 4.69) is 0 Å². The van der Waals surface area contributed by atoms with Gasteiger partial charge in [0.1, 0.15) is 0 Å². The van der Waals surface area contributed by atoms with Gasteiger partial charge in [0.25, 0.3) is 10.1 Å². The predicted octanol–water partition coefficient (Wildman–Crippen LogP) is -1.80. The summed E-state index contributed by atoms with van der Waals surface area (Å²) in [4.78, 5) is 0. The van der Waals surface area contributed by atoms with Gasteiger partial charge in [-0.15, -0.1) is 0 Å². The third-order valence-corrected chi connectivity index (χ3v) is 1.77. The van der Waals surface area contributed by atoms with Gasteiger partial charge >= 0.3 is 0 Å². The zero-order chi connectivity index (χ0) is 8.20. The van der Waals surface area contributed by atoms with Crippen LogP contribution < -0.4 is 5.73 Å². The average molecular weight is 192 g/mol. The van der Waals surface area contributed by atoms with Crippen LogP contribution in [0.4, 0.5) is 0 Å². The number of hydrogen-bond donors (Lipinski definition) is 3. The summed E-state index contributed by atoms with van der Waals surface area (Å²) in [5, 5.41) is 8.28. The van der Waals surface area contributed by atoms with Crippen molar-refractivity contribution < 1.29 is 18.1 Å². The molecule has 0 spiro atoms. The molecule has 0 bridgehead atoms. The molecule has 63 valence electrons. The van der Waals surface area contributed by atoms with Crippen molar-refractivity contribution in [2.75, 3.05) is 12.4 Å². The first kappa shape index (κ1) is 14.4. The molecule has 1 radical (unpaired) electrons. The molecule has 0 heterocycles. The van der Waals surface area contributed by atoms with E-state index in [1.54, 1.807) is 0 Å². The topological polar surface area (TPSA) is 101 Å². The van der Waals surface area contributed by atoms with Crippen LogP contribution in [0.1, 0.15) is 6.42 Å². The van der Waals surface area contributed by atoms with Crippen molar-refractivity contribution in [2.45, 2.75) is 12.5 Å². The molecule has 0 aliphatic carbocycles. The molecule has 0 saturated heterocycles. The molecule has 0 aliphatic heterocycles. The molecule has 0 fully saturated rings. The fourth-order valence-electron chi connectivity index (χ4n) is 0.520.